The van der Waals surface area contributed by atoms with Crippen molar-refractivity contribution in [1.29, 1.82) is 0 Å². The molecule has 0 bridgehead atoms. The Bertz CT molecular complexity index is 868. The molecule has 3 rings (SSSR count). The minimum atomic E-state index is -0.681. The molecule has 136 valence electrons. The van der Waals surface area contributed by atoms with Crippen LogP contribution in [0.2, 0.25) is 0 Å². The highest BCUT2D eigenvalue weighted by atomic mass is 35.5. The minimum Gasteiger partial charge on any atom is -0.497 e. The van der Waals surface area contributed by atoms with E-state index in [9.17, 15) is 4.79 Å². The van der Waals surface area contributed by atoms with Gasteiger partial charge in [0.1, 0.15) is 18.4 Å². The average molecular weight is 372 g/mol. The number of carbonyl (C=O) groups is 1. The van der Waals surface area contributed by atoms with Crippen LogP contribution in [0.25, 0.3) is 10.8 Å². The largest absolute Gasteiger partial charge is 0.497 e. The summed E-state index contributed by atoms with van der Waals surface area (Å²) in [5, 5.41) is 2.17. The van der Waals surface area contributed by atoms with Crippen LogP contribution in [0.15, 0.2) is 66.7 Å². The van der Waals surface area contributed by atoms with Crippen LogP contribution in [0, 0.1) is 0 Å². The van der Waals surface area contributed by atoms with E-state index in [0.717, 1.165) is 27.6 Å². The Morgan fingerprint density at radius 3 is 2.38 bits per heavy atom. The van der Waals surface area contributed by atoms with Gasteiger partial charge in [-0.15, -0.1) is 12.4 Å². The first-order chi connectivity index (χ1) is 12.2. The van der Waals surface area contributed by atoms with E-state index >= 15 is 0 Å². The Kier molecular flexibility index (Phi) is 7.01. The van der Waals surface area contributed by atoms with Crippen LogP contribution in [0.5, 0.6) is 5.75 Å². The maximum absolute atomic E-state index is 12.1. The molecule has 0 saturated heterocycles. The molecule has 5 heteroatoms. The van der Waals surface area contributed by atoms with E-state index in [1.165, 1.54) is 0 Å². The van der Waals surface area contributed by atoms with Gasteiger partial charge in [0, 0.05) is 0 Å². The highest BCUT2D eigenvalue weighted by Gasteiger charge is 2.16. The molecule has 0 radical (unpaired) electrons. The second-order valence-corrected chi connectivity index (χ2v) is 5.95. The van der Waals surface area contributed by atoms with Crippen molar-refractivity contribution in [2.75, 3.05) is 7.11 Å². The number of hydrogen-bond donors (Lipinski definition) is 1. The molecule has 0 aromatic heterocycles. The van der Waals surface area contributed by atoms with Gasteiger partial charge in [0.2, 0.25) is 0 Å². The summed E-state index contributed by atoms with van der Waals surface area (Å²) in [6.45, 7) is 0.241. The number of hydrogen-bond acceptors (Lipinski definition) is 4. The van der Waals surface area contributed by atoms with Crippen molar-refractivity contribution in [3.63, 3.8) is 0 Å². The lowest BCUT2D eigenvalue weighted by atomic mass is 10.0. The number of rotatable bonds is 6. The summed E-state index contributed by atoms with van der Waals surface area (Å²) in [5.74, 6) is 0.431. The van der Waals surface area contributed by atoms with Crippen molar-refractivity contribution in [1.82, 2.24) is 0 Å². The first-order valence-corrected chi connectivity index (χ1v) is 8.18. The summed E-state index contributed by atoms with van der Waals surface area (Å²) in [5.41, 5.74) is 7.96. The number of ether oxygens (including phenoxy) is 2. The SMILES string of the molecule is COc1ccc2cc(C[C@H](N)C(=O)OCc3ccccc3)ccc2c1.Cl. The van der Waals surface area contributed by atoms with Crippen molar-refractivity contribution < 1.29 is 14.3 Å². The van der Waals surface area contributed by atoms with Gasteiger partial charge in [-0.3, -0.25) is 4.79 Å². The molecule has 4 nitrogen and oxygen atoms in total. The number of nitrogens with two attached hydrogens (primary N) is 1. The van der Waals surface area contributed by atoms with Crippen molar-refractivity contribution >= 4 is 29.1 Å². The van der Waals surface area contributed by atoms with Crippen LogP contribution in [0.3, 0.4) is 0 Å². The third kappa shape index (κ3) is 4.97. The summed E-state index contributed by atoms with van der Waals surface area (Å²) in [4.78, 5) is 12.1. The summed E-state index contributed by atoms with van der Waals surface area (Å²) < 4.78 is 10.5. The van der Waals surface area contributed by atoms with Crippen LogP contribution in [-0.2, 0) is 22.6 Å². The Hall–Kier alpha value is -2.56. The molecule has 2 N–H and O–H groups in total. The standard InChI is InChI=1S/C21H21NO3.ClH/c1-24-19-10-9-17-11-16(7-8-18(17)13-19)12-20(22)21(23)25-14-15-5-3-2-4-6-15;/h2-11,13,20H,12,14,22H2,1H3;1H/t20-;/m0./s1. The van der Waals surface area contributed by atoms with E-state index in [1.807, 2.05) is 66.7 Å². The zero-order valence-corrected chi connectivity index (χ0v) is 15.4. The summed E-state index contributed by atoms with van der Waals surface area (Å²) >= 11 is 0. The molecule has 3 aromatic rings. The van der Waals surface area contributed by atoms with Crippen LogP contribution in [-0.4, -0.2) is 19.1 Å². The van der Waals surface area contributed by atoms with Gasteiger partial charge in [-0.05, 0) is 40.5 Å². The van der Waals surface area contributed by atoms with Gasteiger partial charge in [0.25, 0.3) is 0 Å². The van der Waals surface area contributed by atoms with Gasteiger partial charge in [-0.2, -0.15) is 0 Å². The molecule has 0 fully saturated rings. The third-order valence-corrected chi connectivity index (χ3v) is 4.09. The van der Waals surface area contributed by atoms with Crippen LogP contribution in [0.1, 0.15) is 11.1 Å². The Labute approximate surface area is 159 Å². The normalized spacial score (nSPS) is 11.5. The quantitative estimate of drug-likeness (QED) is 0.668. The van der Waals surface area contributed by atoms with E-state index in [4.69, 9.17) is 15.2 Å². The fourth-order valence-corrected chi connectivity index (χ4v) is 2.70. The first kappa shape index (κ1) is 19.8. The zero-order chi connectivity index (χ0) is 17.6. The van der Waals surface area contributed by atoms with Crippen LogP contribution in [0.4, 0.5) is 0 Å². The Balaban J connectivity index is 0.00000243. The van der Waals surface area contributed by atoms with Crippen molar-refractivity contribution in [2.45, 2.75) is 19.1 Å². The second-order valence-electron chi connectivity index (χ2n) is 5.95. The van der Waals surface area contributed by atoms with E-state index in [2.05, 4.69) is 0 Å². The highest BCUT2D eigenvalue weighted by molar-refractivity contribution is 5.85. The molecule has 0 aliphatic heterocycles. The molecular weight excluding hydrogens is 350 g/mol. The molecule has 3 aromatic carbocycles. The fraction of sp³-hybridized carbons (Fsp3) is 0.190. The molecule has 0 heterocycles. The van der Waals surface area contributed by atoms with Gasteiger partial charge in [-0.25, -0.2) is 0 Å². The summed E-state index contributed by atoms with van der Waals surface area (Å²) in [6, 6.07) is 20.8. The maximum atomic E-state index is 12.1. The molecule has 0 amide bonds. The fourth-order valence-electron chi connectivity index (χ4n) is 2.70. The van der Waals surface area contributed by atoms with Crippen LogP contribution < -0.4 is 10.5 Å². The Morgan fingerprint density at radius 2 is 1.65 bits per heavy atom. The van der Waals surface area contributed by atoms with E-state index in [1.54, 1.807) is 7.11 Å². The van der Waals surface area contributed by atoms with Gasteiger partial charge >= 0.3 is 5.97 Å². The first-order valence-electron chi connectivity index (χ1n) is 8.18. The van der Waals surface area contributed by atoms with Gasteiger partial charge < -0.3 is 15.2 Å². The number of esters is 1. The van der Waals surface area contributed by atoms with Gasteiger partial charge in [0.05, 0.1) is 7.11 Å². The minimum absolute atomic E-state index is 0. The number of halogens is 1. The molecule has 0 unspecified atom stereocenters. The highest BCUT2D eigenvalue weighted by Crippen LogP contribution is 2.22. The van der Waals surface area contributed by atoms with Gasteiger partial charge in [0.15, 0.2) is 0 Å². The molecule has 0 saturated carbocycles. The van der Waals surface area contributed by atoms with Gasteiger partial charge in [-0.1, -0.05) is 54.6 Å². The molecule has 0 aliphatic rings. The topological polar surface area (TPSA) is 61.5 Å². The number of fused-ring (bicyclic) bond motifs is 1. The summed E-state index contributed by atoms with van der Waals surface area (Å²) in [7, 11) is 1.65. The molecular formula is C21H22ClNO3. The average Bonchev–Trinajstić information content (AvgIpc) is 2.66. The van der Waals surface area contributed by atoms with Crippen molar-refractivity contribution in [3.05, 3.63) is 77.9 Å². The van der Waals surface area contributed by atoms with E-state index < -0.39 is 12.0 Å². The second kappa shape index (κ2) is 9.22. The molecule has 1 atom stereocenters. The van der Waals surface area contributed by atoms with E-state index in [-0.39, 0.29) is 19.0 Å². The lowest BCUT2D eigenvalue weighted by Crippen LogP contribution is -2.34. The maximum Gasteiger partial charge on any atom is 0.323 e. The van der Waals surface area contributed by atoms with Crippen LogP contribution >= 0.6 is 12.4 Å². The predicted molar refractivity (Wildman–Crippen MR) is 106 cm³/mol. The number of benzene rings is 3. The Morgan fingerprint density at radius 1 is 0.962 bits per heavy atom. The van der Waals surface area contributed by atoms with Crippen molar-refractivity contribution in [3.8, 4) is 5.75 Å². The lowest BCUT2D eigenvalue weighted by molar-refractivity contribution is -0.146. The summed E-state index contributed by atoms with van der Waals surface area (Å²) in [6.07, 6.45) is 0.440. The van der Waals surface area contributed by atoms with Crippen molar-refractivity contribution in [2.24, 2.45) is 5.73 Å². The number of carbonyl (C=O) groups excluding carboxylic acids is 1. The molecule has 26 heavy (non-hydrogen) atoms. The molecule has 0 spiro atoms. The molecule has 0 aliphatic carbocycles. The monoisotopic (exact) mass is 371 g/mol. The van der Waals surface area contributed by atoms with E-state index in [0.29, 0.717) is 6.42 Å². The smallest absolute Gasteiger partial charge is 0.323 e. The predicted octanol–water partition coefficient (Wildman–Crippen LogP) is 3.88. The lowest BCUT2D eigenvalue weighted by Gasteiger charge is -2.12. The zero-order valence-electron chi connectivity index (χ0n) is 14.6. The third-order valence-electron chi connectivity index (χ3n) is 4.09. The number of methoxy groups -OCH3 is 1.